The second kappa shape index (κ2) is 8.35. The molecule has 1 N–H and O–H groups in total. The van der Waals surface area contributed by atoms with E-state index >= 15 is 0 Å². The number of hydrogen-bond donors (Lipinski definition) is 1. The summed E-state index contributed by atoms with van der Waals surface area (Å²) in [6.07, 6.45) is 0. The highest BCUT2D eigenvalue weighted by atomic mass is 32.1. The van der Waals surface area contributed by atoms with Crippen LogP contribution in [-0.2, 0) is 9.53 Å². The maximum Gasteiger partial charge on any atom is 0.313 e. The van der Waals surface area contributed by atoms with E-state index in [0.29, 0.717) is 6.61 Å². The molecule has 0 saturated heterocycles. The van der Waals surface area contributed by atoms with Gasteiger partial charge in [0.25, 0.3) is 0 Å². The predicted molar refractivity (Wildman–Crippen MR) is 112 cm³/mol. The van der Waals surface area contributed by atoms with E-state index in [1.165, 1.54) is 11.5 Å². The number of nitrogens with zero attached hydrogens (tertiary/aromatic N) is 1. The molecule has 0 spiro atoms. The summed E-state index contributed by atoms with van der Waals surface area (Å²) in [7, 11) is 1.92. The molecule has 2 aromatic carbocycles. The first-order chi connectivity index (χ1) is 13.0. The molecular formula is C22H24N2O2S. The average molecular weight is 381 g/mol. The number of carbonyl (C=O) groups excluding carboxylic acids is 1. The van der Waals surface area contributed by atoms with E-state index in [4.69, 9.17) is 4.74 Å². The van der Waals surface area contributed by atoms with Crippen molar-refractivity contribution in [2.45, 2.75) is 26.7 Å². The van der Waals surface area contributed by atoms with Crippen LogP contribution in [0.5, 0.6) is 0 Å². The zero-order valence-corrected chi connectivity index (χ0v) is 16.9. The second-order valence-corrected chi connectivity index (χ2v) is 7.17. The number of esters is 1. The maximum absolute atomic E-state index is 11.9. The van der Waals surface area contributed by atoms with Crippen LogP contribution in [0.25, 0.3) is 21.6 Å². The Morgan fingerprint density at radius 2 is 1.63 bits per heavy atom. The van der Waals surface area contributed by atoms with Gasteiger partial charge in [-0.05, 0) is 54.6 Å². The summed E-state index contributed by atoms with van der Waals surface area (Å²) in [5.74, 6) is -0.439. The summed E-state index contributed by atoms with van der Waals surface area (Å²) in [6, 6.07) is 16.6. The van der Waals surface area contributed by atoms with Gasteiger partial charge < -0.3 is 10.1 Å². The lowest BCUT2D eigenvalue weighted by molar-refractivity contribution is -0.144. The van der Waals surface area contributed by atoms with Crippen LogP contribution in [-0.4, -0.2) is 24.0 Å². The van der Waals surface area contributed by atoms with Crippen molar-refractivity contribution in [2.24, 2.45) is 0 Å². The largest absolute Gasteiger partial charge is 0.466 e. The third kappa shape index (κ3) is 4.03. The van der Waals surface area contributed by atoms with E-state index in [-0.39, 0.29) is 11.9 Å². The van der Waals surface area contributed by atoms with Crippen LogP contribution in [0.3, 0.4) is 0 Å². The molecule has 1 aromatic heterocycles. The number of aryl methyl sites for hydroxylation is 1. The van der Waals surface area contributed by atoms with Gasteiger partial charge in [0, 0.05) is 7.05 Å². The molecule has 0 radical (unpaired) electrons. The third-order valence-corrected chi connectivity index (χ3v) is 5.63. The van der Waals surface area contributed by atoms with Gasteiger partial charge in [0.2, 0.25) is 0 Å². The second-order valence-electron chi connectivity index (χ2n) is 6.40. The molecule has 1 atom stereocenters. The van der Waals surface area contributed by atoms with Crippen LogP contribution in [0.2, 0.25) is 0 Å². The summed E-state index contributed by atoms with van der Waals surface area (Å²) >= 11 is 1.51. The summed E-state index contributed by atoms with van der Waals surface area (Å²) in [4.78, 5) is 13.0. The first-order valence-corrected chi connectivity index (χ1v) is 9.84. The zero-order valence-electron chi connectivity index (χ0n) is 16.1. The molecule has 0 aliphatic carbocycles. The summed E-state index contributed by atoms with van der Waals surface area (Å²) in [5, 5.41) is 3.23. The van der Waals surface area contributed by atoms with Crippen molar-refractivity contribution in [1.82, 2.24) is 4.37 Å². The molecule has 0 bridgehead atoms. The number of benzene rings is 2. The Kier molecular flexibility index (Phi) is 5.91. The molecular weight excluding hydrogens is 356 g/mol. The maximum atomic E-state index is 11.9. The number of aromatic nitrogens is 1. The number of hydrogen-bond acceptors (Lipinski definition) is 5. The van der Waals surface area contributed by atoms with Crippen molar-refractivity contribution in [1.29, 1.82) is 0 Å². The Labute approximate surface area is 164 Å². The van der Waals surface area contributed by atoms with E-state index in [2.05, 4.69) is 46.1 Å². The van der Waals surface area contributed by atoms with Crippen molar-refractivity contribution in [2.75, 3.05) is 19.0 Å². The van der Waals surface area contributed by atoms with E-state index < -0.39 is 0 Å². The Morgan fingerprint density at radius 1 is 1.07 bits per heavy atom. The molecule has 0 fully saturated rings. The Hall–Kier alpha value is -2.66. The fourth-order valence-electron chi connectivity index (χ4n) is 3.04. The molecule has 0 amide bonds. The number of carbonyl (C=O) groups is 1. The van der Waals surface area contributed by atoms with Crippen LogP contribution < -0.4 is 5.32 Å². The topological polar surface area (TPSA) is 51.2 Å². The zero-order chi connectivity index (χ0) is 19.4. The van der Waals surface area contributed by atoms with Gasteiger partial charge in [0.05, 0.1) is 28.8 Å². The lowest BCUT2D eigenvalue weighted by Crippen LogP contribution is -2.12. The Balaban J connectivity index is 1.80. The van der Waals surface area contributed by atoms with Gasteiger partial charge in [-0.25, -0.2) is 0 Å². The van der Waals surface area contributed by atoms with Gasteiger partial charge >= 0.3 is 5.97 Å². The van der Waals surface area contributed by atoms with Crippen molar-refractivity contribution in [3.05, 3.63) is 59.8 Å². The number of nitrogens with one attached hydrogen (secondary N) is 1. The normalized spacial score (nSPS) is 11.9. The number of rotatable bonds is 6. The predicted octanol–water partition coefficient (Wildman–Crippen LogP) is 5.49. The van der Waals surface area contributed by atoms with Crippen LogP contribution in [0.15, 0.2) is 48.5 Å². The molecule has 0 aliphatic rings. The summed E-state index contributed by atoms with van der Waals surface area (Å²) in [5.41, 5.74) is 6.49. The van der Waals surface area contributed by atoms with E-state index in [1.807, 2.05) is 40.0 Å². The number of anilines is 1. The molecule has 27 heavy (non-hydrogen) atoms. The van der Waals surface area contributed by atoms with Gasteiger partial charge in [0.1, 0.15) is 0 Å². The van der Waals surface area contributed by atoms with Gasteiger partial charge in [-0.15, -0.1) is 0 Å². The first kappa shape index (κ1) is 19.1. The van der Waals surface area contributed by atoms with E-state index in [1.54, 1.807) is 0 Å². The van der Waals surface area contributed by atoms with E-state index in [9.17, 15) is 4.79 Å². The summed E-state index contributed by atoms with van der Waals surface area (Å²) in [6.45, 7) is 6.11. The molecule has 1 unspecified atom stereocenters. The molecule has 4 nitrogen and oxygen atoms in total. The van der Waals surface area contributed by atoms with Crippen LogP contribution in [0.4, 0.5) is 5.69 Å². The lowest BCUT2D eigenvalue weighted by Gasteiger charge is -2.11. The smallest absolute Gasteiger partial charge is 0.313 e. The van der Waals surface area contributed by atoms with Crippen LogP contribution in [0, 0.1) is 6.92 Å². The van der Waals surface area contributed by atoms with Crippen molar-refractivity contribution in [3.8, 4) is 21.6 Å². The summed E-state index contributed by atoms with van der Waals surface area (Å²) < 4.78 is 9.54. The Bertz CT molecular complexity index is 914. The van der Waals surface area contributed by atoms with Crippen LogP contribution >= 0.6 is 11.5 Å². The third-order valence-electron chi connectivity index (χ3n) is 4.64. The highest BCUT2D eigenvalue weighted by Gasteiger charge is 2.16. The molecule has 5 heteroatoms. The van der Waals surface area contributed by atoms with Crippen molar-refractivity contribution in [3.63, 3.8) is 0 Å². The van der Waals surface area contributed by atoms with Gasteiger partial charge in [0.15, 0.2) is 0 Å². The first-order valence-electron chi connectivity index (χ1n) is 9.06. The fraction of sp³-hybridized carbons (Fsp3) is 0.273. The SMILES string of the molecule is CCOC(=O)C(C)c1ccc(-c2ccc(-c3snc(C)c3NC)cc2)cc1. The lowest BCUT2D eigenvalue weighted by atomic mass is 9.97. The van der Waals surface area contributed by atoms with Crippen LogP contribution in [0.1, 0.15) is 31.0 Å². The molecule has 0 aliphatic heterocycles. The standard InChI is InChI=1S/C22H24N2O2S/c1-5-26-22(25)14(2)16-6-8-17(9-7-16)18-10-12-19(13-11-18)21-20(23-4)15(3)24-27-21/h6-14,23H,5H2,1-4H3. The average Bonchev–Trinajstić information content (AvgIpc) is 3.08. The highest BCUT2D eigenvalue weighted by molar-refractivity contribution is 7.10. The number of ether oxygens (including phenoxy) is 1. The monoisotopic (exact) mass is 380 g/mol. The fourth-order valence-corrected chi connectivity index (χ4v) is 3.94. The van der Waals surface area contributed by atoms with Crippen molar-refractivity contribution < 1.29 is 9.53 Å². The minimum absolute atomic E-state index is 0.185. The molecule has 1 heterocycles. The van der Waals surface area contributed by atoms with Crippen molar-refractivity contribution >= 4 is 23.2 Å². The minimum Gasteiger partial charge on any atom is -0.466 e. The minimum atomic E-state index is -0.254. The highest BCUT2D eigenvalue weighted by Crippen LogP contribution is 2.35. The Morgan fingerprint density at radius 3 is 2.19 bits per heavy atom. The molecule has 3 aromatic rings. The molecule has 0 saturated carbocycles. The molecule has 140 valence electrons. The molecule has 3 rings (SSSR count). The van der Waals surface area contributed by atoms with E-state index in [0.717, 1.165) is 38.5 Å². The van der Waals surface area contributed by atoms with Gasteiger partial charge in [-0.1, -0.05) is 48.5 Å². The quantitative estimate of drug-likeness (QED) is 0.574. The van der Waals surface area contributed by atoms with Gasteiger partial charge in [-0.2, -0.15) is 4.37 Å². The van der Waals surface area contributed by atoms with Gasteiger partial charge in [-0.3, -0.25) is 4.79 Å².